The highest BCUT2D eigenvalue weighted by atomic mass is 32.1. The Bertz CT molecular complexity index is 1210. The van der Waals surface area contributed by atoms with E-state index >= 15 is 0 Å². The van der Waals surface area contributed by atoms with Crippen molar-refractivity contribution in [2.75, 3.05) is 18.4 Å². The van der Waals surface area contributed by atoms with E-state index in [4.69, 9.17) is 4.98 Å². The number of amides is 2. The first-order valence-corrected chi connectivity index (χ1v) is 12.3. The van der Waals surface area contributed by atoms with Gasteiger partial charge in [0.2, 0.25) is 5.91 Å². The average Bonchev–Trinajstić information content (AvgIpc) is 3.46. The third-order valence-electron chi connectivity index (χ3n) is 5.65. The van der Waals surface area contributed by atoms with Gasteiger partial charge in [-0.1, -0.05) is 30.3 Å². The maximum atomic E-state index is 12.8. The van der Waals surface area contributed by atoms with Gasteiger partial charge < -0.3 is 4.90 Å². The second-order valence-corrected chi connectivity index (χ2v) is 9.74. The van der Waals surface area contributed by atoms with Crippen LogP contribution in [0.3, 0.4) is 0 Å². The van der Waals surface area contributed by atoms with Crippen LogP contribution in [0.4, 0.5) is 5.13 Å². The van der Waals surface area contributed by atoms with Crippen LogP contribution in [-0.4, -0.2) is 39.8 Å². The minimum Gasteiger partial charge on any atom is -0.342 e. The van der Waals surface area contributed by atoms with Crippen molar-refractivity contribution in [2.24, 2.45) is 0 Å². The van der Waals surface area contributed by atoms with Gasteiger partial charge in [-0.3, -0.25) is 14.9 Å². The second kappa shape index (κ2) is 9.18. The SMILES string of the molecule is O=C(Nc1nc(CC(=O)N2CCC(c3nc4ccccc4s3)CC2)cs1)c1ccccc1. The Balaban J connectivity index is 1.15. The number of nitrogens with one attached hydrogen (secondary N) is 1. The molecule has 1 saturated heterocycles. The molecule has 1 fully saturated rings. The molecule has 0 spiro atoms. The van der Waals surface area contributed by atoms with Crippen molar-refractivity contribution in [3.8, 4) is 0 Å². The van der Waals surface area contributed by atoms with Crippen LogP contribution in [0, 0.1) is 0 Å². The number of nitrogens with zero attached hydrogens (tertiary/aromatic N) is 3. The predicted octanol–water partition coefficient (Wildman–Crippen LogP) is 4.95. The van der Waals surface area contributed by atoms with Crippen molar-refractivity contribution < 1.29 is 9.59 Å². The van der Waals surface area contributed by atoms with Crippen molar-refractivity contribution >= 4 is 49.8 Å². The monoisotopic (exact) mass is 462 g/mol. The molecule has 6 nitrogen and oxygen atoms in total. The van der Waals surface area contributed by atoms with Gasteiger partial charge in [0.05, 0.1) is 27.3 Å². The molecular weight excluding hydrogens is 440 g/mol. The normalized spacial score (nSPS) is 14.6. The number of para-hydroxylation sites is 1. The van der Waals surface area contributed by atoms with Crippen molar-refractivity contribution in [3.63, 3.8) is 0 Å². The van der Waals surface area contributed by atoms with Gasteiger partial charge in [-0.15, -0.1) is 22.7 Å². The van der Waals surface area contributed by atoms with Crippen LogP contribution in [0.5, 0.6) is 0 Å². The van der Waals surface area contributed by atoms with Crippen LogP contribution in [0.1, 0.15) is 39.8 Å². The minimum absolute atomic E-state index is 0.0824. The van der Waals surface area contributed by atoms with Gasteiger partial charge in [0.1, 0.15) is 0 Å². The fourth-order valence-corrected chi connectivity index (χ4v) is 5.75. The number of carbonyl (C=O) groups is 2. The number of hydrogen-bond donors (Lipinski definition) is 1. The Morgan fingerprint density at radius 2 is 1.75 bits per heavy atom. The predicted molar refractivity (Wildman–Crippen MR) is 128 cm³/mol. The lowest BCUT2D eigenvalue weighted by atomic mass is 9.97. The van der Waals surface area contributed by atoms with Crippen molar-refractivity contribution in [1.29, 1.82) is 0 Å². The fourth-order valence-electron chi connectivity index (χ4n) is 3.91. The molecule has 1 aliphatic heterocycles. The summed E-state index contributed by atoms with van der Waals surface area (Å²) < 4.78 is 1.22. The third kappa shape index (κ3) is 4.56. The number of thiazole rings is 2. The molecule has 2 aromatic heterocycles. The summed E-state index contributed by atoms with van der Waals surface area (Å²) in [6.45, 7) is 1.47. The number of aromatic nitrogens is 2. The van der Waals surface area contributed by atoms with E-state index in [2.05, 4.69) is 22.4 Å². The number of benzene rings is 2. The molecule has 2 amide bonds. The number of piperidine rings is 1. The molecule has 8 heteroatoms. The first kappa shape index (κ1) is 20.8. The number of carbonyl (C=O) groups excluding carboxylic acids is 2. The topological polar surface area (TPSA) is 75.2 Å². The molecule has 0 radical (unpaired) electrons. The Morgan fingerprint density at radius 1 is 1.00 bits per heavy atom. The van der Waals surface area contributed by atoms with Crippen LogP contribution >= 0.6 is 22.7 Å². The van der Waals surface area contributed by atoms with Crippen molar-refractivity contribution in [2.45, 2.75) is 25.2 Å². The highest BCUT2D eigenvalue weighted by Gasteiger charge is 2.26. The molecule has 0 aliphatic carbocycles. The Morgan fingerprint density at radius 3 is 2.53 bits per heavy atom. The molecule has 0 saturated carbocycles. The fraction of sp³-hybridized carbons (Fsp3) is 0.250. The molecule has 2 aromatic carbocycles. The van der Waals surface area contributed by atoms with Gasteiger partial charge in [-0.25, -0.2) is 9.97 Å². The summed E-state index contributed by atoms with van der Waals surface area (Å²) in [6.07, 6.45) is 2.12. The number of anilines is 1. The molecule has 1 N–H and O–H groups in total. The van der Waals surface area contributed by atoms with E-state index in [0.29, 0.717) is 22.3 Å². The Kier molecular flexibility index (Phi) is 5.96. The first-order valence-electron chi connectivity index (χ1n) is 10.6. The van der Waals surface area contributed by atoms with Gasteiger partial charge in [0, 0.05) is 30.0 Å². The number of hydrogen-bond acceptors (Lipinski definition) is 6. The summed E-state index contributed by atoms with van der Waals surface area (Å²) >= 11 is 3.10. The summed E-state index contributed by atoms with van der Waals surface area (Å²) in [7, 11) is 0. The van der Waals surface area contributed by atoms with E-state index in [1.165, 1.54) is 21.0 Å². The molecular formula is C24H22N4O2S2. The molecule has 0 unspecified atom stereocenters. The van der Waals surface area contributed by atoms with Gasteiger partial charge in [-0.05, 0) is 37.1 Å². The van der Waals surface area contributed by atoms with Crippen LogP contribution < -0.4 is 5.32 Å². The summed E-state index contributed by atoms with van der Waals surface area (Å²) in [6, 6.07) is 17.2. The van der Waals surface area contributed by atoms with Crippen LogP contribution in [0.25, 0.3) is 10.2 Å². The zero-order chi connectivity index (χ0) is 21.9. The maximum Gasteiger partial charge on any atom is 0.257 e. The summed E-state index contributed by atoms with van der Waals surface area (Å²) in [5, 5.41) is 6.33. The van der Waals surface area contributed by atoms with Crippen molar-refractivity contribution in [1.82, 2.24) is 14.9 Å². The van der Waals surface area contributed by atoms with E-state index in [1.807, 2.05) is 40.6 Å². The highest BCUT2D eigenvalue weighted by Crippen LogP contribution is 2.34. The lowest BCUT2D eigenvalue weighted by Crippen LogP contribution is -2.38. The number of likely N-dealkylation sites (tertiary alicyclic amines) is 1. The molecule has 1 aliphatic rings. The molecule has 162 valence electrons. The van der Waals surface area contributed by atoms with Crippen LogP contribution in [0.15, 0.2) is 60.0 Å². The van der Waals surface area contributed by atoms with E-state index in [1.54, 1.807) is 23.5 Å². The standard InChI is InChI=1S/C24H22N4O2S2/c29-21(14-18-15-31-24(25-18)27-22(30)16-6-2-1-3-7-16)28-12-10-17(11-13-28)23-26-19-8-4-5-9-20(19)32-23/h1-9,15,17H,10-14H2,(H,25,27,30). The summed E-state index contributed by atoms with van der Waals surface area (Å²) in [5.74, 6) is 0.296. The van der Waals surface area contributed by atoms with Gasteiger partial charge in [-0.2, -0.15) is 0 Å². The van der Waals surface area contributed by atoms with E-state index < -0.39 is 0 Å². The average molecular weight is 463 g/mol. The van der Waals surface area contributed by atoms with Crippen LogP contribution in [-0.2, 0) is 11.2 Å². The molecule has 4 aromatic rings. The van der Waals surface area contributed by atoms with Crippen LogP contribution in [0.2, 0.25) is 0 Å². The molecule has 0 atom stereocenters. The third-order valence-corrected chi connectivity index (χ3v) is 7.65. The van der Waals surface area contributed by atoms with E-state index in [0.717, 1.165) is 31.4 Å². The van der Waals surface area contributed by atoms with E-state index in [9.17, 15) is 9.59 Å². The number of rotatable bonds is 5. The molecule has 32 heavy (non-hydrogen) atoms. The summed E-state index contributed by atoms with van der Waals surface area (Å²) in [5.41, 5.74) is 2.33. The molecule has 5 rings (SSSR count). The smallest absolute Gasteiger partial charge is 0.257 e. The van der Waals surface area contributed by atoms with Gasteiger partial charge in [0.15, 0.2) is 5.13 Å². The summed E-state index contributed by atoms with van der Waals surface area (Å²) in [4.78, 5) is 36.2. The highest BCUT2D eigenvalue weighted by molar-refractivity contribution is 7.18. The molecule has 3 heterocycles. The zero-order valence-electron chi connectivity index (χ0n) is 17.4. The lowest BCUT2D eigenvalue weighted by molar-refractivity contribution is -0.131. The molecule has 0 bridgehead atoms. The van der Waals surface area contributed by atoms with Gasteiger partial charge in [0.25, 0.3) is 5.91 Å². The number of fused-ring (bicyclic) bond motifs is 1. The first-order chi connectivity index (χ1) is 15.7. The Hall–Kier alpha value is -3.10. The zero-order valence-corrected chi connectivity index (χ0v) is 19.0. The quantitative estimate of drug-likeness (QED) is 0.455. The lowest BCUT2D eigenvalue weighted by Gasteiger charge is -2.31. The maximum absolute atomic E-state index is 12.8. The second-order valence-electron chi connectivity index (χ2n) is 7.82. The van der Waals surface area contributed by atoms with Crippen molar-refractivity contribution in [3.05, 3.63) is 76.2 Å². The van der Waals surface area contributed by atoms with Gasteiger partial charge >= 0.3 is 0 Å². The Labute approximate surface area is 193 Å². The van der Waals surface area contributed by atoms with E-state index in [-0.39, 0.29) is 18.2 Å². The minimum atomic E-state index is -0.199. The largest absolute Gasteiger partial charge is 0.342 e.